The quantitative estimate of drug-likeness (QED) is 0.562. The highest BCUT2D eigenvalue weighted by molar-refractivity contribution is 9.10. The minimum Gasteiger partial charge on any atom is -0.117 e. The van der Waals surface area contributed by atoms with E-state index in [1.807, 2.05) is 12.1 Å². The fraction of sp³-hybridized carbons (Fsp3) is 0.200. The normalized spacial score (nSPS) is 12.4. The first-order chi connectivity index (χ1) is 8.56. The van der Waals surface area contributed by atoms with Crippen LogP contribution in [0.5, 0.6) is 0 Å². The van der Waals surface area contributed by atoms with Gasteiger partial charge in [-0.1, -0.05) is 56.1 Å². The van der Waals surface area contributed by atoms with Crippen LogP contribution in [0.25, 0.3) is 0 Å². The topological polar surface area (TPSA) is 0 Å². The summed E-state index contributed by atoms with van der Waals surface area (Å²) in [5.74, 6) is 0. The molecule has 1 unspecified atom stereocenters. The zero-order valence-electron chi connectivity index (χ0n) is 9.96. The maximum Gasteiger partial charge on any atom is 0.0636 e. The van der Waals surface area contributed by atoms with E-state index >= 15 is 0 Å². The molecule has 2 aromatic rings. The molecule has 0 aromatic heterocycles. The van der Waals surface area contributed by atoms with Gasteiger partial charge in [-0.25, -0.2) is 0 Å². The number of rotatable bonds is 3. The largest absolute Gasteiger partial charge is 0.117 e. The lowest BCUT2D eigenvalue weighted by molar-refractivity contribution is 0.913. The number of halogens is 3. The zero-order valence-corrected chi connectivity index (χ0v) is 13.9. The number of aryl methyl sites for hydroxylation is 1. The average molecular weight is 389 g/mol. The summed E-state index contributed by atoms with van der Waals surface area (Å²) >= 11 is 13.5. The molecule has 3 heteroatoms. The van der Waals surface area contributed by atoms with Crippen LogP contribution in [0.4, 0.5) is 0 Å². The van der Waals surface area contributed by atoms with E-state index in [9.17, 15) is 0 Å². The molecule has 0 spiro atoms. The first-order valence-electron chi connectivity index (χ1n) is 5.71. The Balaban J connectivity index is 2.16. The lowest BCUT2D eigenvalue weighted by Crippen LogP contribution is -1.97. The monoisotopic (exact) mass is 386 g/mol. The van der Waals surface area contributed by atoms with Gasteiger partial charge in [-0.3, -0.25) is 0 Å². The highest BCUT2D eigenvalue weighted by atomic mass is 79.9. The van der Waals surface area contributed by atoms with Gasteiger partial charge in [0.1, 0.15) is 0 Å². The molecule has 0 aliphatic heterocycles. The van der Waals surface area contributed by atoms with Gasteiger partial charge in [-0.05, 0) is 48.2 Å². The highest BCUT2D eigenvalue weighted by Gasteiger charge is 2.12. The van der Waals surface area contributed by atoms with Crippen LogP contribution >= 0.6 is 43.5 Å². The summed E-state index contributed by atoms with van der Waals surface area (Å²) in [5.41, 5.74) is 3.62. The van der Waals surface area contributed by atoms with Crippen LogP contribution in [-0.2, 0) is 6.42 Å². The predicted octanol–water partition coefficient (Wildman–Crippen LogP) is 6.04. The van der Waals surface area contributed by atoms with Crippen LogP contribution in [0, 0.1) is 6.92 Å². The maximum absolute atomic E-state index is 6.50. The Morgan fingerprint density at radius 1 is 1.06 bits per heavy atom. The van der Waals surface area contributed by atoms with Crippen molar-refractivity contribution in [3.05, 3.63) is 68.1 Å². The Hall–Kier alpha value is -0.310. The molecule has 0 fully saturated rings. The Morgan fingerprint density at radius 2 is 1.72 bits per heavy atom. The van der Waals surface area contributed by atoms with Gasteiger partial charge in [0.05, 0.1) is 5.38 Å². The summed E-state index contributed by atoms with van der Waals surface area (Å²) in [7, 11) is 0. The van der Waals surface area contributed by atoms with Gasteiger partial charge in [0.15, 0.2) is 0 Å². The van der Waals surface area contributed by atoms with E-state index in [0.717, 1.165) is 20.9 Å². The highest BCUT2D eigenvalue weighted by Crippen LogP contribution is 2.31. The van der Waals surface area contributed by atoms with Crippen molar-refractivity contribution in [2.45, 2.75) is 18.7 Å². The van der Waals surface area contributed by atoms with Crippen LogP contribution in [0.2, 0.25) is 0 Å². The maximum atomic E-state index is 6.50. The van der Waals surface area contributed by atoms with Gasteiger partial charge in [0.25, 0.3) is 0 Å². The summed E-state index contributed by atoms with van der Waals surface area (Å²) < 4.78 is 2.17. The Kier molecular flexibility index (Phi) is 4.88. The molecule has 0 saturated heterocycles. The van der Waals surface area contributed by atoms with E-state index in [2.05, 4.69) is 69.1 Å². The van der Waals surface area contributed by atoms with Gasteiger partial charge < -0.3 is 0 Å². The first-order valence-corrected chi connectivity index (χ1v) is 7.73. The summed E-state index contributed by atoms with van der Waals surface area (Å²) in [5, 5.41) is -0.0128. The molecule has 2 aromatic carbocycles. The van der Waals surface area contributed by atoms with E-state index < -0.39 is 0 Å². The van der Waals surface area contributed by atoms with Crippen molar-refractivity contribution < 1.29 is 0 Å². The SMILES string of the molecule is Cc1ccc(C(Cl)Cc2ccc(Br)cc2)c(Br)c1. The molecule has 0 heterocycles. The molecule has 18 heavy (non-hydrogen) atoms. The molecule has 0 radical (unpaired) electrons. The number of hydrogen-bond donors (Lipinski definition) is 0. The second-order valence-corrected chi connectivity index (χ2v) is 6.62. The molecule has 0 bridgehead atoms. The van der Waals surface area contributed by atoms with Crippen molar-refractivity contribution in [2.24, 2.45) is 0 Å². The Bertz CT molecular complexity index is 535. The Labute approximate surface area is 130 Å². The van der Waals surface area contributed by atoms with Crippen molar-refractivity contribution in [1.82, 2.24) is 0 Å². The van der Waals surface area contributed by atoms with E-state index in [-0.39, 0.29) is 5.38 Å². The van der Waals surface area contributed by atoms with Crippen molar-refractivity contribution in [3.8, 4) is 0 Å². The van der Waals surface area contributed by atoms with Crippen molar-refractivity contribution in [3.63, 3.8) is 0 Å². The van der Waals surface area contributed by atoms with Crippen LogP contribution in [0.3, 0.4) is 0 Å². The number of alkyl halides is 1. The van der Waals surface area contributed by atoms with Gasteiger partial charge in [-0.2, -0.15) is 0 Å². The second-order valence-electron chi connectivity index (χ2n) is 4.32. The molecule has 0 N–H and O–H groups in total. The molecule has 0 saturated carbocycles. The molecule has 94 valence electrons. The van der Waals surface area contributed by atoms with E-state index in [1.165, 1.54) is 11.1 Å². The van der Waals surface area contributed by atoms with Crippen LogP contribution in [0.1, 0.15) is 22.1 Å². The third kappa shape index (κ3) is 3.59. The fourth-order valence-corrected chi connectivity index (χ4v) is 3.36. The number of hydrogen-bond acceptors (Lipinski definition) is 0. The van der Waals surface area contributed by atoms with Gasteiger partial charge >= 0.3 is 0 Å². The Morgan fingerprint density at radius 3 is 2.33 bits per heavy atom. The van der Waals surface area contributed by atoms with Crippen molar-refractivity contribution in [2.75, 3.05) is 0 Å². The summed E-state index contributed by atoms with van der Waals surface area (Å²) in [4.78, 5) is 0. The molecule has 2 rings (SSSR count). The van der Waals surface area contributed by atoms with Crippen molar-refractivity contribution >= 4 is 43.5 Å². The molecule has 0 aliphatic rings. The predicted molar refractivity (Wildman–Crippen MR) is 85.3 cm³/mol. The van der Waals surface area contributed by atoms with E-state index in [1.54, 1.807) is 0 Å². The minimum absolute atomic E-state index is 0.0128. The second kappa shape index (κ2) is 6.23. The first kappa shape index (κ1) is 14.1. The lowest BCUT2D eigenvalue weighted by Gasteiger charge is -2.12. The third-order valence-electron chi connectivity index (χ3n) is 2.82. The summed E-state index contributed by atoms with van der Waals surface area (Å²) in [6.07, 6.45) is 0.830. The van der Waals surface area contributed by atoms with Crippen LogP contribution < -0.4 is 0 Å². The fourth-order valence-electron chi connectivity index (χ4n) is 1.82. The molecule has 0 amide bonds. The molecular weight excluding hydrogens is 375 g/mol. The standard InChI is InChI=1S/C15H13Br2Cl/c1-10-2-7-13(14(17)8-10)15(18)9-11-3-5-12(16)6-4-11/h2-8,15H,9H2,1H3. The minimum atomic E-state index is -0.0128. The van der Waals surface area contributed by atoms with Gasteiger partial charge in [-0.15, -0.1) is 11.6 Å². The molecule has 0 aliphatic carbocycles. The molecule has 1 atom stereocenters. The number of benzene rings is 2. The van der Waals surface area contributed by atoms with Crippen LogP contribution in [-0.4, -0.2) is 0 Å². The van der Waals surface area contributed by atoms with Crippen LogP contribution in [0.15, 0.2) is 51.4 Å². The third-order valence-corrected chi connectivity index (χ3v) is 4.43. The van der Waals surface area contributed by atoms with Gasteiger partial charge in [0, 0.05) is 8.95 Å². The molecular formula is C15H13Br2Cl. The summed E-state index contributed by atoms with van der Waals surface area (Å²) in [6.45, 7) is 2.08. The average Bonchev–Trinajstić information content (AvgIpc) is 2.32. The van der Waals surface area contributed by atoms with Gasteiger partial charge in [0.2, 0.25) is 0 Å². The van der Waals surface area contributed by atoms with E-state index in [4.69, 9.17) is 11.6 Å². The zero-order chi connectivity index (χ0) is 13.1. The summed E-state index contributed by atoms with van der Waals surface area (Å²) in [6, 6.07) is 14.6. The smallest absolute Gasteiger partial charge is 0.0636 e. The molecule has 0 nitrogen and oxygen atoms in total. The van der Waals surface area contributed by atoms with E-state index in [0.29, 0.717) is 0 Å². The van der Waals surface area contributed by atoms with Crippen molar-refractivity contribution in [1.29, 1.82) is 0 Å². The lowest BCUT2D eigenvalue weighted by atomic mass is 10.0.